The van der Waals surface area contributed by atoms with E-state index in [9.17, 15) is 0 Å². The van der Waals surface area contributed by atoms with Crippen LogP contribution in [0.2, 0.25) is 0 Å². The van der Waals surface area contributed by atoms with E-state index in [1.54, 1.807) is 0 Å². The molecule has 0 N–H and O–H groups in total. The fourth-order valence-electron chi connectivity index (χ4n) is 1.16. The van der Waals surface area contributed by atoms with E-state index >= 15 is 0 Å². The first kappa shape index (κ1) is 6.64. The van der Waals surface area contributed by atoms with E-state index in [1.807, 2.05) is 0 Å². The van der Waals surface area contributed by atoms with Crippen molar-refractivity contribution in [2.75, 3.05) is 0 Å². The monoisotopic (exact) mass is 122 g/mol. The van der Waals surface area contributed by atoms with E-state index < -0.39 is 0 Å². The number of hydrogen-bond acceptors (Lipinski definition) is 0. The molecule has 0 amide bonds. The van der Waals surface area contributed by atoms with Crippen molar-refractivity contribution in [2.24, 2.45) is 11.8 Å². The van der Waals surface area contributed by atoms with Crippen LogP contribution in [0.15, 0.2) is 17.9 Å². The molecule has 0 saturated heterocycles. The lowest BCUT2D eigenvalue weighted by molar-refractivity contribution is 0.435. The summed E-state index contributed by atoms with van der Waals surface area (Å²) in [6.45, 7) is 4.54. The first-order valence-electron chi connectivity index (χ1n) is 3.72. The lowest BCUT2D eigenvalue weighted by Crippen LogP contribution is -2.05. The lowest BCUT2D eigenvalue weighted by Gasteiger charge is -2.16. The Balaban J connectivity index is 2.52. The van der Waals surface area contributed by atoms with Crippen LogP contribution in [-0.4, -0.2) is 0 Å². The van der Waals surface area contributed by atoms with Crippen LogP contribution in [-0.2, 0) is 0 Å². The third kappa shape index (κ3) is 1.73. The Labute approximate surface area is 57.3 Å². The molecule has 0 aliphatic heterocycles. The van der Waals surface area contributed by atoms with Gasteiger partial charge in [-0.05, 0) is 36.8 Å². The second-order valence-corrected chi connectivity index (χ2v) is 3.02. The topological polar surface area (TPSA) is 0 Å². The second-order valence-electron chi connectivity index (χ2n) is 3.02. The maximum atomic E-state index is 3.17. The van der Waals surface area contributed by atoms with Crippen molar-refractivity contribution < 1.29 is 0 Å². The lowest BCUT2D eigenvalue weighted by atomic mass is 9.89. The molecule has 0 nitrogen and oxygen atoms in total. The predicted octanol–water partition coefficient (Wildman–Crippen LogP) is 2.76. The van der Waals surface area contributed by atoms with E-state index in [-0.39, 0.29) is 0 Å². The highest BCUT2D eigenvalue weighted by atomic mass is 14.1. The zero-order chi connectivity index (χ0) is 6.69. The van der Waals surface area contributed by atoms with Gasteiger partial charge in [0, 0.05) is 0 Å². The van der Waals surface area contributed by atoms with Gasteiger partial charge in [0.05, 0.1) is 0 Å². The summed E-state index contributed by atoms with van der Waals surface area (Å²) in [4.78, 5) is 0. The predicted molar refractivity (Wildman–Crippen MR) is 40.2 cm³/mol. The Morgan fingerprint density at radius 3 is 2.67 bits per heavy atom. The van der Waals surface area contributed by atoms with Crippen molar-refractivity contribution in [3.8, 4) is 0 Å². The molecule has 1 aliphatic carbocycles. The van der Waals surface area contributed by atoms with Crippen molar-refractivity contribution in [1.82, 2.24) is 0 Å². The molecule has 1 atom stereocenters. The number of allylic oxidation sites excluding steroid dienone is 1. The minimum absolute atomic E-state index is 0.787. The van der Waals surface area contributed by atoms with Crippen LogP contribution in [0.3, 0.4) is 0 Å². The van der Waals surface area contributed by atoms with Gasteiger partial charge in [0.25, 0.3) is 0 Å². The Kier molecular flexibility index (Phi) is 2.13. The van der Waals surface area contributed by atoms with Crippen LogP contribution in [0, 0.1) is 11.8 Å². The quantitative estimate of drug-likeness (QED) is 0.469. The SMILES string of the molecule is CC(C)C1C=C=CCC1. The summed E-state index contributed by atoms with van der Waals surface area (Å²) >= 11 is 0. The molecule has 0 aromatic rings. The Morgan fingerprint density at radius 1 is 1.56 bits per heavy atom. The molecule has 0 aromatic carbocycles. The minimum Gasteiger partial charge on any atom is -0.129 e. The Hall–Kier alpha value is -0.480. The number of hydrogen-bond donors (Lipinski definition) is 0. The summed E-state index contributed by atoms with van der Waals surface area (Å²) in [7, 11) is 0. The minimum atomic E-state index is 0.787. The Bertz CT molecular complexity index is 136. The molecule has 1 rings (SSSR count). The molecule has 0 bridgehead atoms. The van der Waals surface area contributed by atoms with Crippen molar-refractivity contribution >= 4 is 0 Å². The van der Waals surface area contributed by atoms with Gasteiger partial charge >= 0.3 is 0 Å². The summed E-state index contributed by atoms with van der Waals surface area (Å²) in [6, 6.07) is 0. The van der Waals surface area contributed by atoms with Gasteiger partial charge < -0.3 is 0 Å². The third-order valence-electron chi connectivity index (χ3n) is 1.93. The van der Waals surface area contributed by atoms with Crippen LogP contribution in [0.5, 0.6) is 0 Å². The van der Waals surface area contributed by atoms with Crippen LogP contribution in [0.1, 0.15) is 26.7 Å². The fourth-order valence-corrected chi connectivity index (χ4v) is 1.16. The van der Waals surface area contributed by atoms with Crippen LogP contribution >= 0.6 is 0 Å². The fraction of sp³-hybridized carbons (Fsp3) is 0.667. The molecule has 0 heterocycles. The van der Waals surface area contributed by atoms with E-state index in [4.69, 9.17) is 0 Å². The zero-order valence-electron chi connectivity index (χ0n) is 6.22. The highest BCUT2D eigenvalue weighted by Crippen LogP contribution is 2.20. The molecule has 0 saturated carbocycles. The summed E-state index contributed by atoms with van der Waals surface area (Å²) in [5, 5.41) is 0. The summed E-state index contributed by atoms with van der Waals surface area (Å²) in [5.74, 6) is 1.58. The van der Waals surface area contributed by atoms with Crippen molar-refractivity contribution in [3.63, 3.8) is 0 Å². The second kappa shape index (κ2) is 2.89. The van der Waals surface area contributed by atoms with Gasteiger partial charge in [0.2, 0.25) is 0 Å². The van der Waals surface area contributed by atoms with Gasteiger partial charge in [-0.25, -0.2) is 0 Å². The maximum absolute atomic E-state index is 3.17. The van der Waals surface area contributed by atoms with Crippen LogP contribution in [0.4, 0.5) is 0 Å². The van der Waals surface area contributed by atoms with Gasteiger partial charge in [-0.2, -0.15) is 0 Å². The average molecular weight is 122 g/mol. The molecule has 1 unspecified atom stereocenters. The summed E-state index contributed by atoms with van der Waals surface area (Å²) < 4.78 is 0. The van der Waals surface area contributed by atoms with Crippen molar-refractivity contribution in [2.45, 2.75) is 26.7 Å². The normalized spacial score (nSPS) is 25.4. The van der Waals surface area contributed by atoms with Gasteiger partial charge in [0.15, 0.2) is 0 Å². The molecular formula is C9H14. The molecule has 0 radical (unpaired) electrons. The zero-order valence-corrected chi connectivity index (χ0v) is 6.22. The maximum Gasteiger partial charge on any atom is -0.0131 e. The molecule has 0 fully saturated rings. The van der Waals surface area contributed by atoms with Gasteiger partial charge in [-0.3, -0.25) is 0 Å². The molecular weight excluding hydrogens is 108 g/mol. The molecule has 0 spiro atoms. The first-order chi connectivity index (χ1) is 4.30. The summed E-state index contributed by atoms with van der Waals surface area (Å²) in [6.07, 6.45) is 6.87. The molecule has 9 heavy (non-hydrogen) atoms. The summed E-state index contributed by atoms with van der Waals surface area (Å²) in [5.41, 5.74) is 3.17. The molecule has 50 valence electrons. The van der Waals surface area contributed by atoms with E-state index in [2.05, 4.69) is 31.7 Å². The van der Waals surface area contributed by atoms with Crippen molar-refractivity contribution in [3.05, 3.63) is 17.9 Å². The van der Waals surface area contributed by atoms with Crippen LogP contribution in [0.25, 0.3) is 0 Å². The molecule has 1 aliphatic rings. The van der Waals surface area contributed by atoms with Gasteiger partial charge in [-0.1, -0.05) is 13.8 Å². The first-order valence-corrected chi connectivity index (χ1v) is 3.72. The van der Waals surface area contributed by atoms with E-state index in [1.165, 1.54) is 12.8 Å². The van der Waals surface area contributed by atoms with Gasteiger partial charge in [-0.15, -0.1) is 5.73 Å². The standard InChI is InChI=1S/C9H14/c1-8(2)9-6-4-3-5-7-9/h3,7-9H,4,6H2,1-2H3. The Morgan fingerprint density at radius 2 is 2.33 bits per heavy atom. The number of rotatable bonds is 1. The van der Waals surface area contributed by atoms with Crippen molar-refractivity contribution in [1.29, 1.82) is 0 Å². The largest absolute Gasteiger partial charge is 0.129 e. The third-order valence-corrected chi connectivity index (χ3v) is 1.93. The van der Waals surface area contributed by atoms with Gasteiger partial charge in [0.1, 0.15) is 0 Å². The van der Waals surface area contributed by atoms with E-state index in [0.29, 0.717) is 0 Å². The highest BCUT2D eigenvalue weighted by molar-refractivity contribution is 4.96. The average Bonchev–Trinajstić information content (AvgIpc) is 1.90. The highest BCUT2D eigenvalue weighted by Gasteiger charge is 2.09. The molecule has 0 heteroatoms. The smallest absolute Gasteiger partial charge is 0.0131 e. The van der Waals surface area contributed by atoms with E-state index in [0.717, 1.165) is 11.8 Å². The molecule has 0 aromatic heterocycles. The van der Waals surface area contributed by atoms with Crippen LogP contribution < -0.4 is 0 Å².